The van der Waals surface area contributed by atoms with Gasteiger partial charge in [0.25, 0.3) is 0 Å². The normalized spacial score (nSPS) is 24.1. The van der Waals surface area contributed by atoms with E-state index in [1.807, 2.05) is 6.92 Å². The summed E-state index contributed by atoms with van der Waals surface area (Å²) >= 11 is 0. The second-order valence-electron chi connectivity index (χ2n) is 6.00. The molecule has 0 atom stereocenters. The van der Waals surface area contributed by atoms with Crippen LogP contribution in [0.2, 0.25) is 0 Å². The first kappa shape index (κ1) is 12.9. The smallest absolute Gasteiger partial charge is 0.222 e. The van der Waals surface area contributed by atoms with E-state index in [9.17, 15) is 4.79 Å². The van der Waals surface area contributed by atoms with Gasteiger partial charge in [-0.2, -0.15) is 0 Å². The molecule has 0 unspecified atom stereocenters. The summed E-state index contributed by atoms with van der Waals surface area (Å²) in [6.07, 6.45) is 7.15. The van der Waals surface area contributed by atoms with Crippen molar-refractivity contribution >= 4 is 5.91 Å². The lowest BCUT2D eigenvalue weighted by Crippen LogP contribution is -2.54. The van der Waals surface area contributed by atoms with Crippen molar-refractivity contribution in [2.45, 2.75) is 51.0 Å². The molecule has 98 valence electrons. The Hall–Kier alpha value is -0.570. The minimum Gasteiger partial charge on any atom is -0.343 e. The van der Waals surface area contributed by atoms with Crippen LogP contribution in [0, 0.1) is 5.92 Å². The molecule has 2 fully saturated rings. The lowest BCUT2D eigenvalue weighted by molar-refractivity contribution is -0.133. The summed E-state index contributed by atoms with van der Waals surface area (Å²) in [5.74, 6) is 1.29. The second-order valence-corrected chi connectivity index (χ2v) is 6.00. The van der Waals surface area contributed by atoms with Crippen molar-refractivity contribution in [3.8, 4) is 0 Å². The third-order valence-corrected chi connectivity index (χ3v) is 4.66. The monoisotopic (exact) mass is 238 g/mol. The predicted octanol–water partition coefficient (Wildman–Crippen LogP) is 2.12. The summed E-state index contributed by atoms with van der Waals surface area (Å²) < 4.78 is 0. The van der Waals surface area contributed by atoms with Crippen LogP contribution in [0.25, 0.3) is 0 Å². The maximum absolute atomic E-state index is 11.7. The molecule has 3 heteroatoms. The molecular formula is C14H26N2O. The number of piperidine rings is 1. The summed E-state index contributed by atoms with van der Waals surface area (Å²) in [5.41, 5.74) is 0.367. The molecule has 17 heavy (non-hydrogen) atoms. The average Bonchev–Trinajstić information content (AvgIpc) is 3.12. The van der Waals surface area contributed by atoms with E-state index in [1.54, 1.807) is 0 Å². The van der Waals surface area contributed by atoms with Gasteiger partial charge in [0, 0.05) is 25.0 Å². The zero-order chi connectivity index (χ0) is 12.5. The highest BCUT2D eigenvalue weighted by Crippen LogP contribution is 2.42. The number of likely N-dealkylation sites (tertiary alicyclic amines) is 1. The third kappa shape index (κ3) is 2.82. The SMILES string of the molecule is CCC(=O)N1CCC(CC2CC2)(N(C)C)CC1. The fourth-order valence-electron chi connectivity index (χ4n) is 3.09. The number of carbonyl (C=O) groups is 1. The lowest BCUT2D eigenvalue weighted by Gasteiger charge is -2.46. The highest BCUT2D eigenvalue weighted by Gasteiger charge is 2.41. The maximum atomic E-state index is 11.7. The first-order valence-corrected chi connectivity index (χ1v) is 7.02. The van der Waals surface area contributed by atoms with Gasteiger partial charge in [0.1, 0.15) is 0 Å². The van der Waals surface area contributed by atoms with Gasteiger partial charge in [0.15, 0.2) is 0 Å². The first-order valence-electron chi connectivity index (χ1n) is 7.02. The zero-order valence-corrected chi connectivity index (χ0v) is 11.5. The standard InChI is InChI=1S/C14H26N2O/c1-4-13(17)16-9-7-14(8-10-16,15(2)3)11-12-5-6-12/h12H,4-11H2,1-3H3. The Labute approximate surface area is 105 Å². The Bertz CT molecular complexity index is 276. The van der Waals surface area contributed by atoms with Gasteiger partial charge < -0.3 is 9.80 Å². The molecule has 1 amide bonds. The Morgan fingerprint density at radius 2 is 1.88 bits per heavy atom. The molecule has 1 saturated carbocycles. The van der Waals surface area contributed by atoms with Gasteiger partial charge >= 0.3 is 0 Å². The zero-order valence-electron chi connectivity index (χ0n) is 11.5. The summed E-state index contributed by atoms with van der Waals surface area (Å²) in [6, 6.07) is 0. The van der Waals surface area contributed by atoms with Crippen LogP contribution in [0.4, 0.5) is 0 Å². The number of hydrogen-bond donors (Lipinski definition) is 0. The van der Waals surface area contributed by atoms with Crippen molar-refractivity contribution < 1.29 is 4.79 Å². The first-order chi connectivity index (χ1) is 8.07. The van der Waals surface area contributed by atoms with Crippen LogP contribution in [0.1, 0.15) is 45.4 Å². The maximum Gasteiger partial charge on any atom is 0.222 e. The molecule has 0 bridgehead atoms. The van der Waals surface area contributed by atoms with Gasteiger partial charge in [-0.15, -0.1) is 0 Å². The number of rotatable bonds is 4. The fourth-order valence-corrected chi connectivity index (χ4v) is 3.09. The number of hydrogen-bond acceptors (Lipinski definition) is 2. The highest BCUT2D eigenvalue weighted by molar-refractivity contribution is 5.75. The molecule has 0 N–H and O–H groups in total. The molecule has 1 aliphatic carbocycles. The van der Waals surface area contributed by atoms with Gasteiger partial charge in [-0.1, -0.05) is 19.8 Å². The number of nitrogens with zero attached hydrogens (tertiary/aromatic N) is 2. The molecule has 1 heterocycles. The molecule has 0 radical (unpaired) electrons. The summed E-state index contributed by atoms with van der Waals surface area (Å²) in [5, 5.41) is 0. The van der Waals surface area contributed by atoms with E-state index in [0.717, 1.165) is 31.8 Å². The van der Waals surface area contributed by atoms with Crippen molar-refractivity contribution in [1.29, 1.82) is 0 Å². The topological polar surface area (TPSA) is 23.6 Å². The summed E-state index contributed by atoms with van der Waals surface area (Å²) in [4.78, 5) is 16.2. The van der Waals surface area contributed by atoms with Gasteiger partial charge in [0.2, 0.25) is 5.91 Å². The number of amides is 1. The van der Waals surface area contributed by atoms with Crippen LogP contribution in [0.15, 0.2) is 0 Å². The van der Waals surface area contributed by atoms with Crippen molar-refractivity contribution in [1.82, 2.24) is 9.80 Å². The minimum absolute atomic E-state index is 0.323. The lowest BCUT2D eigenvalue weighted by atomic mass is 9.81. The average molecular weight is 238 g/mol. The van der Waals surface area contributed by atoms with Gasteiger partial charge in [-0.3, -0.25) is 4.79 Å². The molecule has 2 rings (SSSR count). The molecule has 1 aliphatic heterocycles. The van der Waals surface area contributed by atoms with E-state index in [4.69, 9.17) is 0 Å². The van der Waals surface area contributed by atoms with Crippen molar-refractivity contribution in [3.63, 3.8) is 0 Å². The molecule has 0 aromatic heterocycles. The highest BCUT2D eigenvalue weighted by atomic mass is 16.2. The predicted molar refractivity (Wildman–Crippen MR) is 69.9 cm³/mol. The van der Waals surface area contributed by atoms with E-state index in [0.29, 0.717) is 17.9 Å². The van der Waals surface area contributed by atoms with E-state index >= 15 is 0 Å². The van der Waals surface area contributed by atoms with Crippen molar-refractivity contribution in [2.75, 3.05) is 27.2 Å². The van der Waals surface area contributed by atoms with Crippen LogP contribution in [-0.4, -0.2) is 48.4 Å². The van der Waals surface area contributed by atoms with Crippen LogP contribution >= 0.6 is 0 Å². The van der Waals surface area contributed by atoms with Gasteiger partial charge in [-0.05, 0) is 39.3 Å². The Balaban J connectivity index is 1.94. The molecular weight excluding hydrogens is 212 g/mol. The molecule has 3 nitrogen and oxygen atoms in total. The van der Waals surface area contributed by atoms with E-state index in [-0.39, 0.29) is 0 Å². The molecule has 0 spiro atoms. The fraction of sp³-hybridized carbons (Fsp3) is 0.929. The summed E-state index contributed by atoms with van der Waals surface area (Å²) in [6.45, 7) is 3.87. The van der Waals surface area contributed by atoms with Crippen LogP contribution in [0.3, 0.4) is 0 Å². The second kappa shape index (κ2) is 4.97. The molecule has 2 aliphatic rings. The minimum atomic E-state index is 0.323. The summed E-state index contributed by atoms with van der Waals surface area (Å²) in [7, 11) is 4.42. The van der Waals surface area contributed by atoms with Gasteiger partial charge in [0.05, 0.1) is 0 Å². The van der Waals surface area contributed by atoms with E-state index in [1.165, 1.54) is 19.3 Å². The van der Waals surface area contributed by atoms with Crippen LogP contribution < -0.4 is 0 Å². The van der Waals surface area contributed by atoms with Crippen molar-refractivity contribution in [3.05, 3.63) is 0 Å². The molecule has 0 aromatic rings. The third-order valence-electron chi connectivity index (χ3n) is 4.66. The molecule has 1 saturated heterocycles. The Morgan fingerprint density at radius 3 is 2.29 bits per heavy atom. The largest absolute Gasteiger partial charge is 0.343 e. The Morgan fingerprint density at radius 1 is 1.29 bits per heavy atom. The van der Waals surface area contributed by atoms with E-state index < -0.39 is 0 Å². The van der Waals surface area contributed by atoms with E-state index in [2.05, 4.69) is 23.9 Å². The van der Waals surface area contributed by atoms with Crippen molar-refractivity contribution in [2.24, 2.45) is 5.92 Å². The number of carbonyl (C=O) groups excluding carboxylic acids is 1. The Kier molecular flexibility index (Phi) is 3.76. The van der Waals surface area contributed by atoms with Crippen LogP contribution in [-0.2, 0) is 4.79 Å². The van der Waals surface area contributed by atoms with Crippen LogP contribution in [0.5, 0.6) is 0 Å². The molecule has 0 aromatic carbocycles. The van der Waals surface area contributed by atoms with Gasteiger partial charge in [-0.25, -0.2) is 0 Å². The quantitative estimate of drug-likeness (QED) is 0.749.